The van der Waals surface area contributed by atoms with E-state index in [1.54, 1.807) is 0 Å². The fraction of sp³-hybridized carbons (Fsp3) is 0.889. The van der Waals surface area contributed by atoms with E-state index in [1.807, 2.05) is 13.8 Å². The predicted molar refractivity (Wildman–Crippen MR) is 42.7 cm³/mol. The largest absolute Gasteiger partial charge is 0.372 e. The monoisotopic (exact) mass is 230 g/mol. The fourth-order valence-electron chi connectivity index (χ4n) is 1.50. The third kappa shape index (κ3) is 3.12. The molecule has 0 bridgehead atoms. The summed E-state index contributed by atoms with van der Waals surface area (Å²) in [6.45, 7) is 6.26. The predicted octanol–water partition coefficient (Wildman–Crippen LogP) is 2.41. The van der Waals surface area contributed by atoms with Gasteiger partial charge in [-0.15, -0.1) is 6.42 Å². The van der Waals surface area contributed by atoms with Gasteiger partial charge >= 0.3 is 0 Å². The second-order valence-electron chi connectivity index (χ2n) is 2.88. The van der Waals surface area contributed by atoms with E-state index in [9.17, 15) is 0 Å². The smallest absolute Gasteiger partial charge is 0.0816 e. The van der Waals surface area contributed by atoms with Gasteiger partial charge in [-0.05, 0) is 5.92 Å². The molecule has 0 amide bonds. The average molecular weight is 230 g/mol. The molecule has 2 heteroatoms. The Labute approximate surface area is 95.2 Å². The van der Waals surface area contributed by atoms with Crippen molar-refractivity contribution < 1.29 is 37.4 Å². The minimum Gasteiger partial charge on any atom is -0.372 e. The first kappa shape index (κ1) is 12.1. The molecule has 0 N–H and O–H groups in total. The third-order valence-electron chi connectivity index (χ3n) is 2.12. The van der Waals surface area contributed by atoms with Gasteiger partial charge in [0.05, 0.1) is 12.2 Å². The maximum atomic E-state index is 5.36. The SMILES string of the molecule is CC.CC1C[CH-]CC2OC12.[Y]. The Hall–Kier alpha value is 1.06. The van der Waals surface area contributed by atoms with E-state index in [0.717, 1.165) is 5.92 Å². The molecule has 1 radical (unpaired) electrons. The summed E-state index contributed by atoms with van der Waals surface area (Å²) in [6, 6.07) is 0. The van der Waals surface area contributed by atoms with Crippen molar-refractivity contribution in [3.05, 3.63) is 6.42 Å². The van der Waals surface area contributed by atoms with Gasteiger partial charge in [0.25, 0.3) is 0 Å². The molecule has 2 rings (SSSR count). The summed E-state index contributed by atoms with van der Waals surface area (Å²) in [5, 5.41) is 0. The van der Waals surface area contributed by atoms with Crippen molar-refractivity contribution in [3.8, 4) is 0 Å². The molecular weight excluding hydrogens is 213 g/mol. The van der Waals surface area contributed by atoms with Gasteiger partial charge in [-0.2, -0.15) is 6.42 Å². The normalized spacial score (nSPS) is 39.0. The summed E-state index contributed by atoms with van der Waals surface area (Å²) in [6.07, 6.45) is 6.08. The average Bonchev–Trinajstić information content (AvgIpc) is 2.72. The van der Waals surface area contributed by atoms with E-state index in [1.165, 1.54) is 12.8 Å². The van der Waals surface area contributed by atoms with Crippen molar-refractivity contribution in [1.82, 2.24) is 0 Å². The second kappa shape index (κ2) is 5.67. The molecule has 1 saturated heterocycles. The molecule has 1 nitrogen and oxygen atoms in total. The van der Waals surface area contributed by atoms with Crippen LogP contribution in [0.15, 0.2) is 0 Å². The summed E-state index contributed by atoms with van der Waals surface area (Å²) >= 11 is 0. The molecule has 63 valence electrons. The fourth-order valence-corrected chi connectivity index (χ4v) is 1.50. The molecule has 2 aliphatic rings. The van der Waals surface area contributed by atoms with Crippen molar-refractivity contribution >= 4 is 0 Å². The van der Waals surface area contributed by atoms with E-state index in [0.29, 0.717) is 12.2 Å². The van der Waals surface area contributed by atoms with Crippen LogP contribution in [0.5, 0.6) is 0 Å². The van der Waals surface area contributed by atoms with E-state index in [-0.39, 0.29) is 32.7 Å². The Morgan fingerprint density at radius 1 is 1.27 bits per heavy atom. The molecule has 1 aliphatic carbocycles. The van der Waals surface area contributed by atoms with Crippen LogP contribution >= 0.6 is 0 Å². The molecule has 2 fully saturated rings. The molecule has 1 saturated carbocycles. The minimum absolute atomic E-state index is 0. The van der Waals surface area contributed by atoms with Crippen LogP contribution < -0.4 is 0 Å². The summed E-state index contributed by atoms with van der Waals surface area (Å²) in [7, 11) is 0. The van der Waals surface area contributed by atoms with Gasteiger partial charge in [-0.3, -0.25) is 0 Å². The maximum absolute atomic E-state index is 5.36. The number of hydrogen-bond acceptors (Lipinski definition) is 1. The van der Waals surface area contributed by atoms with Crippen molar-refractivity contribution in [3.63, 3.8) is 0 Å². The van der Waals surface area contributed by atoms with Crippen LogP contribution in [-0.2, 0) is 37.4 Å². The molecule has 0 aromatic heterocycles. The first-order valence-corrected chi connectivity index (χ1v) is 4.35. The minimum atomic E-state index is 0. The first-order valence-electron chi connectivity index (χ1n) is 4.35. The summed E-state index contributed by atoms with van der Waals surface area (Å²) in [4.78, 5) is 0. The Morgan fingerprint density at radius 3 is 2.36 bits per heavy atom. The quantitative estimate of drug-likeness (QED) is 0.460. The number of ether oxygens (including phenoxy) is 1. The van der Waals surface area contributed by atoms with E-state index in [4.69, 9.17) is 4.74 Å². The van der Waals surface area contributed by atoms with Crippen LogP contribution in [0.4, 0.5) is 0 Å². The first-order chi connectivity index (χ1) is 4.88. The topological polar surface area (TPSA) is 12.5 Å². The van der Waals surface area contributed by atoms with Gasteiger partial charge < -0.3 is 11.2 Å². The number of hydrogen-bond donors (Lipinski definition) is 0. The Balaban J connectivity index is 0.000000311. The van der Waals surface area contributed by atoms with Crippen LogP contribution in [0.1, 0.15) is 33.6 Å². The van der Waals surface area contributed by atoms with E-state index >= 15 is 0 Å². The van der Waals surface area contributed by atoms with Gasteiger partial charge in [0.15, 0.2) is 0 Å². The number of fused-ring (bicyclic) bond motifs is 1. The molecule has 11 heavy (non-hydrogen) atoms. The van der Waals surface area contributed by atoms with Gasteiger partial charge in [-0.1, -0.05) is 20.8 Å². The maximum Gasteiger partial charge on any atom is 0.0816 e. The van der Waals surface area contributed by atoms with Gasteiger partial charge in [0, 0.05) is 32.7 Å². The van der Waals surface area contributed by atoms with Gasteiger partial charge in [-0.25, -0.2) is 0 Å². The Morgan fingerprint density at radius 2 is 1.91 bits per heavy atom. The van der Waals surface area contributed by atoms with E-state index < -0.39 is 0 Å². The molecule has 3 atom stereocenters. The molecule has 1 aliphatic heterocycles. The summed E-state index contributed by atoms with van der Waals surface area (Å²) < 4.78 is 5.36. The molecule has 1 heterocycles. The van der Waals surface area contributed by atoms with Crippen LogP contribution in [0.25, 0.3) is 0 Å². The molecule has 0 aromatic rings. The standard InChI is InChI=1S/C7H11O.C2H6.Y/c1-5-3-2-4-6-7(5)8-6;1-2;/h2,5-7H,3-4H2,1H3;1-2H3;/q-1;;. The van der Waals surface area contributed by atoms with Crippen molar-refractivity contribution in [2.45, 2.75) is 45.8 Å². The Kier molecular flexibility index (Phi) is 6.21. The van der Waals surface area contributed by atoms with Crippen LogP contribution in [0.2, 0.25) is 0 Å². The summed E-state index contributed by atoms with van der Waals surface area (Å²) in [5.74, 6) is 0.800. The molecule has 0 aromatic carbocycles. The van der Waals surface area contributed by atoms with Crippen LogP contribution in [0, 0.1) is 12.3 Å². The zero-order chi connectivity index (χ0) is 7.56. The van der Waals surface area contributed by atoms with Gasteiger partial charge in [0.2, 0.25) is 0 Å². The second-order valence-corrected chi connectivity index (χ2v) is 2.88. The van der Waals surface area contributed by atoms with Crippen LogP contribution in [-0.4, -0.2) is 12.2 Å². The van der Waals surface area contributed by atoms with Gasteiger partial charge in [0.1, 0.15) is 0 Å². The molecule has 0 spiro atoms. The zero-order valence-electron chi connectivity index (χ0n) is 7.71. The molecular formula is C9H17OY-. The zero-order valence-corrected chi connectivity index (χ0v) is 10.5. The van der Waals surface area contributed by atoms with Crippen molar-refractivity contribution in [1.29, 1.82) is 0 Å². The van der Waals surface area contributed by atoms with Crippen LogP contribution in [0.3, 0.4) is 0 Å². The summed E-state index contributed by atoms with van der Waals surface area (Å²) in [5.41, 5.74) is 0. The molecule has 3 unspecified atom stereocenters. The number of epoxide rings is 1. The third-order valence-corrected chi connectivity index (χ3v) is 2.12. The van der Waals surface area contributed by atoms with E-state index in [2.05, 4.69) is 13.3 Å². The number of rotatable bonds is 0. The van der Waals surface area contributed by atoms with Crippen molar-refractivity contribution in [2.24, 2.45) is 5.92 Å². The van der Waals surface area contributed by atoms with Crippen molar-refractivity contribution in [2.75, 3.05) is 0 Å². The Bertz CT molecular complexity index is 106.